The number of rotatable bonds is 1. The van der Waals surface area contributed by atoms with Crippen LogP contribution in [-0.4, -0.2) is 22.8 Å². The molecule has 0 radical (unpaired) electrons. The minimum absolute atomic E-state index is 0.255. The molecule has 0 saturated carbocycles. The van der Waals surface area contributed by atoms with Crippen LogP contribution in [-0.2, 0) is 9.53 Å². The molecule has 3 rings (SSSR count). The number of esters is 1. The normalized spacial score (nSPS) is 22.7. The second-order valence-electron chi connectivity index (χ2n) is 5.83. The molecule has 1 aromatic heterocycles. The van der Waals surface area contributed by atoms with Gasteiger partial charge in [0.25, 0.3) is 0 Å². The summed E-state index contributed by atoms with van der Waals surface area (Å²) in [6.45, 7) is 4.65. The predicted octanol–water partition coefficient (Wildman–Crippen LogP) is 1.93. The Labute approximate surface area is 126 Å². The highest BCUT2D eigenvalue weighted by atomic mass is 16.6. The number of aliphatic hydroxyl groups is 1. The third kappa shape index (κ3) is 2.25. The second-order valence-corrected chi connectivity index (χ2v) is 5.83. The Kier molecular flexibility index (Phi) is 3.21. The number of aliphatic hydroxyl groups excluding tert-OH is 1. The van der Waals surface area contributed by atoms with Crippen molar-refractivity contribution in [2.45, 2.75) is 38.6 Å². The van der Waals surface area contributed by atoms with Crippen LogP contribution in [0, 0.1) is 0 Å². The molecule has 116 valence electrons. The molecule has 0 amide bonds. The summed E-state index contributed by atoms with van der Waals surface area (Å²) in [5.41, 5.74) is -0.847. The van der Waals surface area contributed by atoms with E-state index in [1.165, 1.54) is 13.0 Å². The number of hydrogen-bond acceptors (Lipinski definition) is 6. The summed E-state index contributed by atoms with van der Waals surface area (Å²) in [6, 6.07) is 6.37. The third-order valence-corrected chi connectivity index (χ3v) is 3.74. The van der Waals surface area contributed by atoms with E-state index in [4.69, 9.17) is 13.9 Å². The van der Waals surface area contributed by atoms with Crippen molar-refractivity contribution in [1.29, 1.82) is 0 Å². The van der Waals surface area contributed by atoms with E-state index in [1.807, 2.05) is 0 Å². The monoisotopic (exact) mass is 304 g/mol. The van der Waals surface area contributed by atoms with E-state index in [0.29, 0.717) is 16.7 Å². The van der Waals surface area contributed by atoms with E-state index in [1.54, 1.807) is 32.0 Å². The molecule has 1 N–H and O–H groups in total. The maximum atomic E-state index is 11.5. The average molecular weight is 304 g/mol. The number of fused-ring (bicyclic) bond motifs is 3. The van der Waals surface area contributed by atoms with Crippen LogP contribution in [0.3, 0.4) is 0 Å². The largest absolute Gasteiger partial charge is 0.484 e. The molecular formula is C16H16O6. The first-order valence-corrected chi connectivity index (χ1v) is 6.90. The van der Waals surface area contributed by atoms with Gasteiger partial charge in [0.2, 0.25) is 0 Å². The molecule has 0 bridgehead atoms. The van der Waals surface area contributed by atoms with Crippen molar-refractivity contribution < 1.29 is 23.8 Å². The van der Waals surface area contributed by atoms with Gasteiger partial charge in [-0.3, -0.25) is 4.79 Å². The molecule has 22 heavy (non-hydrogen) atoms. The third-order valence-electron chi connectivity index (χ3n) is 3.74. The molecule has 0 saturated heterocycles. The van der Waals surface area contributed by atoms with Crippen LogP contribution in [0.15, 0.2) is 33.5 Å². The summed E-state index contributed by atoms with van der Waals surface area (Å²) < 4.78 is 16.3. The number of ether oxygens (including phenoxy) is 2. The van der Waals surface area contributed by atoms with Crippen LogP contribution in [0.1, 0.15) is 32.4 Å². The lowest BCUT2D eigenvalue weighted by Gasteiger charge is -2.41. The van der Waals surface area contributed by atoms with Gasteiger partial charge in [0.05, 0.1) is 5.56 Å². The van der Waals surface area contributed by atoms with Crippen LogP contribution in [0.4, 0.5) is 0 Å². The molecule has 2 atom stereocenters. The highest BCUT2D eigenvalue weighted by Gasteiger charge is 2.46. The highest BCUT2D eigenvalue weighted by Crippen LogP contribution is 2.44. The maximum Gasteiger partial charge on any atom is 0.336 e. The summed E-state index contributed by atoms with van der Waals surface area (Å²) in [5, 5.41) is 11.2. The van der Waals surface area contributed by atoms with Crippen LogP contribution >= 0.6 is 0 Å². The van der Waals surface area contributed by atoms with Gasteiger partial charge in [0.15, 0.2) is 6.10 Å². The van der Waals surface area contributed by atoms with Crippen molar-refractivity contribution in [3.05, 3.63) is 40.2 Å². The molecule has 1 aliphatic heterocycles. The van der Waals surface area contributed by atoms with Gasteiger partial charge in [-0.2, -0.15) is 0 Å². The first-order valence-electron chi connectivity index (χ1n) is 6.90. The van der Waals surface area contributed by atoms with Gasteiger partial charge >= 0.3 is 11.6 Å². The quantitative estimate of drug-likeness (QED) is 0.640. The van der Waals surface area contributed by atoms with Crippen molar-refractivity contribution in [3.63, 3.8) is 0 Å². The summed E-state index contributed by atoms with van der Waals surface area (Å²) in [5.74, 6) is -0.119. The summed E-state index contributed by atoms with van der Waals surface area (Å²) in [4.78, 5) is 22.9. The maximum absolute atomic E-state index is 11.5. The van der Waals surface area contributed by atoms with Crippen molar-refractivity contribution in [2.75, 3.05) is 0 Å². The fourth-order valence-electron chi connectivity index (χ4n) is 2.66. The van der Waals surface area contributed by atoms with Crippen molar-refractivity contribution >= 4 is 16.9 Å². The van der Waals surface area contributed by atoms with Crippen molar-refractivity contribution in [2.24, 2.45) is 0 Å². The Morgan fingerprint density at radius 3 is 2.64 bits per heavy atom. The molecule has 6 heteroatoms. The smallest absolute Gasteiger partial charge is 0.336 e. The Hall–Kier alpha value is -2.34. The molecule has 2 heterocycles. The van der Waals surface area contributed by atoms with Crippen LogP contribution in [0.5, 0.6) is 5.75 Å². The SMILES string of the molecule is CC(=O)O[C@@H]1c2c(ccc3ccc(=O)oc23)OC(C)(C)C1O. The Bertz CT molecular complexity index is 804. The fourth-order valence-corrected chi connectivity index (χ4v) is 2.66. The van der Waals surface area contributed by atoms with E-state index < -0.39 is 29.4 Å². The number of benzene rings is 1. The topological polar surface area (TPSA) is 86.0 Å². The predicted molar refractivity (Wildman–Crippen MR) is 77.7 cm³/mol. The molecule has 6 nitrogen and oxygen atoms in total. The van der Waals surface area contributed by atoms with Gasteiger partial charge in [0, 0.05) is 18.4 Å². The van der Waals surface area contributed by atoms with Crippen LogP contribution in [0.2, 0.25) is 0 Å². The van der Waals surface area contributed by atoms with Crippen molar-refractivity contribution in [3.8, 4) is 5.75 Å². The zero-order valence-electron chi connectivity index (χ0n) is 12.5. The first kappa shape index (κ1) is 14.6. The number of carbonyl (C=O) groups excluding carboxylic acids is 1. The molecular weight excluding hydrogens is 288 g/mol. The van der Waals surface area contributed by atoms with Gasteiger partial charge in [0.1, 0.15) is 23.0 Å². The lowest BCUT2D eigenvalue weighted by molar-refractivity contribution is -0.167. The Morgan fingerprint density at radius 2 is 1.95 bits per heavy atom. The van der Waals surface area contributed by atoms with E-state index in [-0.39, 0.29) is 5.58 Å². The number of carbonyl (C=O) groups is 1. The summed E-state index contributed by atoms with van der Waals surface area (Å²) in [6.07, 6.45) is -2.06. The van der Waals surface area contributed by atoms with Gasteiger partial charge in [-0.15, -0.1) is 0 Å². The second kappa shape index (κ2) is 4.84. The zero-order valence-corrected chi connectivity index (χ0v) is 12.5. The minimum Gasteiger partial charge on any atom is -0.484 e. The molecule has 2 aromatic rings. The molecule has 0 spiro atoms. The standard InChI is InChI=1S/C16H16O6/c1-8(17)20-14-12-10(22-16(2,3)15(14)19)6-4-9-5-7-11(18)21-13(9)12/h4-7,14-15,19H,1-3H3/t14-,15?/m1/s1. The summed E-state index contributed by atoms with van der Waals surface area (Å²) >= 11 is 0. The van der Waals surface area contributed by atoms with E-state index in [9.17, 15) is 14.7 Å². The lowest BCUT2D eigenvalue weighted by Crippen LogP contribution is -2.49. The minimum atomic E-state index is -1.10. The van der Waals surface area contributed by atoms with Crippen molar-refractivity contribution in [1.82, 2.24) is 0 Å². The van der Waals surface area contributed by atoms with E-state index in [2.05, 4.69) is 0 Å². The Balaban J connectivity index is 2.30. The van der Waals surface area contributed by atoms with Crippen LogP contribution in [0.25, 0.3) is 11.0 Å². The molecule has 0 fully saturated rings. The molecule has 0 aliphatic carbocycles. The fraction of sp³-hybridized carbons (Fsp3) is 0.375. The van der Waals surface area contributed by atoms with E-state index in [0.717, 1.165) is 0 Å². The first-order chi connectivity index (χ1) is 10.3. The zero-order chi connectivity index (χ0) is 16.1. The van der Waals surface area contributed by atoms with Gasteiger partial charge in [-0.05, 0) is 32.0 Å². The van der Waals surface area contributed by atoms with E-state index >= 15 is 0 Å². The Morgan fingerprint density at radius 1 is 1.27 bits per heavy atom. The molecule has 1 aliphatic rings. The lowest BCUT2D eigenvalue weighted by atomic mass is 9.87. The van der Waals surface area contributed by atoms with Gasteiger partial charge in [-0.25, -0.2) is 4.79 Å². The molecule has 1 aromatic carbocycles. The molecule has 1 unspecified atom stereocenters. The van der Waals surface area contributed by atoms with Crippen LogP contribution < -0.4 is 10.4 Å². The van der Waals surface area contributed by atoms with Gasteiger partial charge in [-0.1, -0.05) is 0 Å². The van der Waals surface area contributed by atoms with Gasteiger partial charge < -0.3 is 19.0 Å². The average Bonchev–Trinajstić information content (AvgIpc) is 2.42. The highest BCUT2D eigenvalue weighted by molar-refractivity contribution is 5.83. The number of hydrogen-bond donors (Lipinski definition) is 1. The summed E-state index contributed by atoms with van der Waals surface area (Å²) in [7, 11) is 0.